The number of benzene rings is 1. The van der Waals surface area contributed by atoms with Crippen molar-refractivity contribution < 1.29 is 0 Å². The molecule has 0 fully saturated rings. The van der Waals surface area contributed by atoms with Crippen LogP contribution in [-0.4, -0.2) is 16.9 Å². The van der Waals surface area contributed by atoms with Crippen LogP contribution in [0.2, 0.25) is 0 Å². The molecule has 5 heteroatoms. The van der Waals surface area contributed by atoms with Gasteiger partial charge in [-0.25, -0.2) is 0 Å². The topological polar surface area (TPSA) is 36.4 Å². The first kappa shape index (κ1) is 14.4. The van der Waals surface area contributed by atoms with Gasteiger partial charge in [0.15, 0.2) is 5.11 Å². The summed E-state index contributed by atoms with van der Waals surface area (Å²) in [6.07, 6.45) is 0. The van der Waals surface area contributed by atoms with Crippen molar-refractivity contribution in [3.05, 3.63) is 33.4 Å². The van der Waals surface area contributed by atoms with Crippen LogP contribution >= 0.6 is 34.8 Å². The fourth-order valence-electron chi connectivity index (χ4n) is 1.18. The molecule has 0 aliphatic carbocycles. The molecule has 0 bridgehead atoms. The quantitative estimate of drug-likeness (QED) is 0.376. The van der Waals surface area contributed by atoms with Gasteiger partial charge in [-0.1, -0.05) is 12.1 Å². The first-order chi connectivity index (χ1) is 7.99. The Bertz CT molecular complexity index is 412. The predicted octanol–water partition coefficient (Wildman–Crippen LogP) is 2.89. The normalized spacial score (nSPS) is 11.5. The van der Waals surface area contributed by atoms with Gasteiger partial charge in [0.2, 0.25) is 0 Å². The maximum atomic E-state index is 5.09. The van der Waals surface area contributed by atoms with E-state index in [1.54, 1.807) is 0 Å². The molecule has 17 heavy (non-hydrogen) atoms. The Morgan fingerprint density at radius 2 is 1.88 bits per heavy atom. The van der Waals surface area contributed by atoms with Crippen LogP contribution in [-0.2, 0) is 0 Å². The molecule has 3 nitrogen and oxygen atoms in total. The molecule has 0 saturated heterocycles. The summed E-state index contributed by atoms with van der Waals surface area (Å²) in [5, 5.41) is 7.85. The van der Waals surface area contributed by atoms with Crippen LogP contribution in [0.1, 0.15) is 26.3 Å². The summed E-state index contributed by atoms with van der Waals surface area (Å²) in [6, 6.07) is 8.51. The first-order valence-electron chi connectivity index (χ1n) is 5.36. The van der Waals surface area contributed by atoms with E-state index in [4.69, 9.17) is 12.2 Å². The molecule has 0 radical (unpaired) electrons. The van der Waals surface area contributed by atoms with Crippen molar-refractivity contribution in [3.8, 4) is 0 Å². The van der Waals surface area contributed by atoms with E-state index in [9.17, 15) is 0 Å². The second-order valence-corrected chi connectivity index (χ2v) is 5.60. The highest BCUT2D eigenvalue weighted by Crippen LogP contribution is 2.07. The average molecular weight is 361 g/mol. The lowest BCUT2D eigenvalue weighted by Crippen LogP contribution is -2.37. The minimum atomic E-state index is 0.309. The summed E-state index contributed by atoms with van der Waals surface area (Å²) in [4.78, 5) is 0. The molecule has 0 heterocycles. The number of nitrogens with zero attached hydrogens (tertiary/aromatic N) is 1. The molecule has 92 valence electrons. The maximum Gasteiger partial charge on any atom is 0.187 e. The van der Waals surface area contributed by atoms with Crippen molar-refractivity contribution in [2.45, 2.75) is 26.8 Å². The highest BCUT2D eigenvalue weighted by Gasteiger charge is 1.99. The maximum absolute atomic E-state index is 5.09. The molecule has 1 aromatic rings. The van der Waals surface area contributed by atoms with Crippen molar-refractivity contribution in [2.75, 3.05) is 0 Å². The third-order valence-electron chi connectivity index (χ3n) is 2.01. The zero-order valence-electron chi connectivity index (χ0n) is 10.1. The number of nitrogens with one attached hydrogen (secondary N) is 2. The van der Waals surface area contributed by atoms with E-state index in [0.29, 0.717) is 11.2 Å². The summed E-state index contributed by atoms with van der Waals surface area (Å²) in [5.74, 6) is 0. The molecule has 2 N–H and O–H groups in total. The van der Waals surface area contributed by atoms with E-state index < -0.39 is 0 Å². The molecule has 0 aliphatic rings. The van der Waals surface area contributed by atoms with Crippen molar-refractivity contribution in [1.29, 1.82) is 0 Å². The molecule has 1 aromatic carbocycles. The first-order valence-corrected chi connectivity index (χ1v) is 6.84. The Kier molecular flexibility index (Phi) is 5.84. The monoisotopic (exact) mass is 361 g/mol. The Balaban J connectivity index is 2.60. The van der Waals surface area contributed by atoms with Crippen molar-refractivity contribution in [1.82, 2.24) is 10.7 Å². The number of hydrazone groups is 1. The highest BCUT2D eigenvalue weighted by molar-refractivity contribution is 14.1. The van der Waals surface area contributed by atoms with Gasteiger partial charge in [-0.2, -0.15) is 5.10 Å². The summed E-state index contributed by atoms with van der Waals surface area (Å²) in [7, 11) is 0. The lowest BCUT2D eigenvalue weighted by atomic mass is 10.1. The molecule has 0 saturated carbocycles. The number of thiocarbonyl (C=S) groups is 1. The van der Waals surface area contributed by atoms with Gasteiger partial charge in [0.1, 0.15) is 0 Å². The summed E-state index contributed by atoms with van der Waals surface area (Å²) in [6.45, 7) is 6.01. The zero-order chi connectivity index (χ0) is 12.8. The molecule has 0 unspecified atom stereocenters. The van der Waals surface area contributed by atoms with Gasteiger partial charge in [0, 0.05) is 9.61 Å². The Morgan fingerprint density at radius 1 is 1.29 bits per heavy atom. The molecule has 0 aromatic heterocycles. The summed E-state index contributed by atoms with van der Waals surface area (Å²) in [5.41, 5.74) is 4.83. The van der Waals surface area contributed by atoms with Crippen LogP contribution in [0.15, 0.2) is 29.4 Å². The van der Waals surface area contributed by atoms with Crippen molar-refractivity contribution >= 4 is 45.6 Å². The zero-order valence-corrected chi connectivity index (χ0v) is 13.1. The molecule has 0 spiro atoms. The van der Waals surface area contributed by atoms with E-state index in [0.717, 1.165) is 11.3 Å². The van der Waals surface area contributed by atoms with Gasteiger partial charge in [-0.15, -0.1) is 0 Å². The Hall–Kier alpha value is -0.690. The van der Waals surface area contributed by atoms with Crippen molar-refractivity contribution in [3.63, 3.8) is 0 Å². The molecule has 0 aliphatic heterocycles. The minimum absolute atomic E-state index is 0.309. The number of halogens is 1. The predicted molar refractivity (Wildman–Crippen MR) is 85.4 cm³/mol. The summed E-state index contributed by atoms with van der Waals surface area (Å²) < 4.78 is 1.21. The van der Waals surface area contributed by atoms with Crippen LogP contribution in [0.3, 0.4) is 0 Å². The SMILES string of the molecule is C/C(=N/NC(=S)NC(C)C)c1ccc(I)cc1. The molecule has 0 amide bonds. The lowest BCUT2D eigenvalue weighted by molar-refractivity contribution is 0.719. The van der Waals surface area contributed by atoms with Crippen LogP contribution in [0, 0.1) is 3.57 Å². The van der Waals surface area contributed by atoms with Gasteiger partial charge in [0.25, 0.3) is 0 Å². The minimum Gasteiger partial charge on any atom is -0.359 e. The fraction of sp³-hybridized carbons (Fsp3) is 0.333. The average Bonchev–Trinajstić information content (AvgIpc) is 2.26. The smallest absolute Gasteiger partial charge is 0.187 e. The molecule has 0 atom stereocenters. The van der Waals surface area contributed by atoms with Gasteiger partial charge >= 0.3 is 0 Å². The molecular weight excluding hydrogens is 345 g/mol. The third kappa shape index (κ3) is 5.45. The Morgan fingerprint density at radius 3 is 2.41 bits per heavy atom. The van der Waals surface area contributed by atoms with Crippen LogP contribution in [0.25, 0.3) is 0 Å². The third-order valence-corrected chi connectivity index (χ3v) is 2.94. The van der Waals surface area contributed by atoms with Crippen LogP contribution in [0.5, 0.6) is 0 Å². The second-order valence-electron chi connectivity index (χ2n) is 3.94. The number of rotatable bonds is 3. The molecule has 1 rings (SSSR count). The van der Waals surface area contributed by atoms with Crippen LogP contribution in [0.4, 0.5) is 0 Å². The fourth-order valence-corrected chi connectivity index (χ4v) is 1.83. The molecular formula is C12H16IN3S. The highest BCUT2D eigenvalue weighted by atomic mass is 127. The van der Waals surface area contributed by atoms with Crippen LogP contribution < -0.4 is 10.7 Å². The van der Waals surface area contributed by atoms with Gasteiger partial charge < -0.3 is 5.32 Å². The number of hydrogen-bond donors (Lipinski definition) is 2. The van der Waals surface area contributed by atoms with E-state index in [1.165, 1.54) is 3.57 Å². The van der Waals surface area contributed by atoms with Gasteiger partial charge in [-0.05, 0) is 73.3 Å². The standard InChI is InChI=1S/C12H16IN3S/c1-8(2)14-12(17)16-15-9(3)10-4-6-11(13)7-5-10/h4-8H,1-3H3,(H2,14,16,17)/b15-9-. The van der Waals surface area contributed by atoms with Gasteiger partial charge in [-0.3, -0.25) is 5.43 Å². The van der Waals surface area contributed by atoms with Crippen molar-refractivity contribution in [2.24, 2.45) is 5.10 Å². The van der Waals surface area contributed by atoms with E-state index in [1.807, 2.05) is 32.9 Å². The van der Waals surface area contributed by atoms with E-state index >= 15 is 0 Å². The second kappa shape index (κ2) is 6.90. The largest absolute Gasteiger partial charge is 0.359 e. The lowest BCUT2D eigenvalue weighted by Gasteiger charge is -2.10. The Labute approximate surface area is 121 Å². The van der Waals surface area contributed by atoms with E-state index in [2.05, 4.69) is 50.6 Å². The van der Waals surface area contributed by atoms with Gasteiger partial charge in [0.05, 0.1) is 5.71 Å². The number of hydrogen-bond acceptors (Lipinski definition) is 2. The summed E-state index contributed by atoms with van der Waals surface area (Å²) >= 11 is 7.37. The van der Waals surface area contributed by atoms with E-state index in [-0.39, 0.29) is 0 Å².